The second-order valence-corrected chi connectivity index (χ2v) is 16.1. The van der Waals surface area contributed by atoms with Crippen LogP contribution in [0.1, 0.15) is 168 Å². The lowest BCUT2D eigenvalue weighted by molar-refractivity contribution is -0.151. The maximum Gasteiger partial charge on any atom is 0.248 e. The Morgan fingerprint density at radius 1 is 0.509 bits per heavy atom. The summed E-state index contributed by atoms with van der Waals surface area (Å²) in [6.45, 7) is 10.3. The fourth-order valence-electron chi connectivity index (χ4n) is 7.43. The van der Waals surface area contributed by atoms with Gasteiger partial charge >= 0.3 is 0 Å². The van der Waals surface area contributed by atoms with Crippen LogP contribution in [0.25, 0.3) is 0 Å². The Balaban J connectivity index is 1.69. The molecule has 2 aromatic carbocycles. The van der Waals surface area contributed by atoms with Crippen LogP contribution in [0.3, 0.4) is 0 Å². The molecule has 8 heteroatoms. The number of hydrogen-bond donors (Lipinski definition) is 0. The van der Waals surface area contributed by atoms with Gasteiger partial charge in [0.25, 0.3) is 0 Å². The zero-order valence-electron chi connectivity index (χ0n) is 36.6. The standard InChI is InChI=1S/C49H81NO7/c1-4-7-10-11-12-13-14-15-16-17-18-19-20-21-22-27-34-49(57-41-48(51)50(35-28-8-5-2)36-29-9-6-3)42-55-46-32-25-23-30-44(46)53-39-37-52-38-40-54-45-31-24-26-33-47(45)56-43-49/h23-26,30-33H,4-22,27-29,34-43H2,1-3H3. The molecule has 0 radical (unpaired) electrons. The van der Waals surface area contributed by atoms with Gasteiger partial charge < -0.3 is 33.3 Å². The maximum absolute atomic E-state index is 13.9. The number of benzene rings is 2. The van der Waals surface area contributed by atoms with Crippen LogP contribution >= 0.6 is 0 Å². The molecule has 0 spiro atoms. The molecule has 0 saturated carbocycles. The van der Waals surface area contributed by atoms with Crippen LogP contribution in [-0.2, 0) is 14.3 Å². The number of ether oxygens (including phenoxy) is 6. The third-order valence-electron chi connectivity index (χ3n) is 11.1. The van der Waals surface area contributed by atoms with Gasteiger partial charge in [-0.3, -0.25) is 4.79 Å². The fraction of sp³-hybridized carbons (Fsp3) is 0.735. The van der Waals surface area contributed by atoms with Crippen LogP contribution < -0.4 is 18.9 Å². The third-order valence-corrected chi connectivity index (χ3v) is 11.1. The van der Waals surface area contributed by atoms with Crippen molar-refractivity contribution >= 4 is 5.91 Å². The molecule has 0 N–H and O–H groups in total. The molecule has 0 aliphatic carbocycles. The SMILES string of the molecule is CCCCCCCCCCCCCCCCCCC1(OCC(=O)N(CCCCC)CCCCC)COc2ccccc2OCCOCCOc2ccccc2OC1. The minimum Gasteiger partial charge on any atom is -0.487 e. The fourth-order valence-corrected chi connectivity index (χ4v) is 7.43. The highest BCUT2D eigenvalue weighted by Gasteiger charge is 2.35. The first-order valence-corrected chi connectivity index (χ1v) is 23.3. The minimum absolute atomic E-state index is 0.0164. The zero-order chi connectivity index (χ0) is 40.5. The number of hydrogen-bond acceptors (Lipinski definition) is 7. The van der Waals surface area contributed by atoms with Crippen molar-refractivity contribution < 1.29 is 33.2 Å². The van der Waals surface area contributed by atoms with Crippen molar-refractivity contribution in [2.45, 2.75) is 174 Å². The number of rotatable bonds is 28. The minimum atomic E-state index is -0.884. The van der Waals surface area contributed by atoms with Crippen LogP contribution in [0.15, 0.2) is 48.5 Å². The van der Waals surface area contributed by atoms with Crippen molar-refractivity contribution in [2.75, 3.05) is 59.3 Å². The monoisotopic (exact) mass is 796 g/mol. The van der Waals surface area contributed by atoms with Gasteiger partial charge in [-0.2, -0.15) is 0 Å². The Kier molecular flexibility index (Phi) is 27.1. The van der Waals surface area contributed by atoms with Gasteiger partial charge in [0.15, 0.2) is 23.0 Å². The molecule has 1 amide bonds. The highest BCUT2D eigenvalue weighted by Crippen LogP contribution is 2.32. The topological polar surface area (TPSA) is 75.7 Å². The summed E-state index contributed by atoms with van der Waals surface area (Å²) in [5, 5.41) is 0. The zero-order valence-corrected chi connectivity index (χ0v) is 36.6. The largest absolute Gasteiger partial charge is 0.487 e. The summed E-state index contributed by atoms with van der Waals surface area (Å²) in [6.07, 6.45) is 28.1. The number of unbranched alkanes of at least 4 members (excludes halogenated alkanes) is 19. The summed E-state index contributed by atoms with van der Waals surface area (Å²) in [5.41, 5.74) is -0.884. The van der Waals surface area contributed by atoms with Crippen LogP contribution in [0, 0.1) is 0 Å². The van der Waals surface area contributed by atoms with Crippen molar-refractivity contribution in [3.8, 4) is 23.0 Å². The lowest BCUT2D eigenvalue weighted by Gasteiger charge is -2.35. The Bertz CT molecular complexity index is 1210. The molecule has 0 saturated heterocycles. The number of carbonyl (C=O) groups excluding carboxylic acids is 1. The van der Waals surface area contributed by atoms with Crippen LogP contribution in [0.5, 0.6) is 23.0 Å². The second kappa shape index (κ2) is 32.0. The highest BCUT2D eigenvalue weighted by molar-refractivity contribution is 5.77. The summed E-state index contributed by atoms with van der Waals surface area (Å²) in [6, 6.07) is 15.5. The molecule has 0 atom stereocenters. The Labute approximate surface area is 348 Å². The van der Waals surface area contributed by atoms with Gasteiger partial charge in [-0.15, -0.1) is 0 Å². The molecule has 3 rings (SSSR count). The number of fused-ring (bicyclic) bond motifs is 2. The molecule has 0 aromatic heterocycles. The van der Waals surface area contributed by atoms with Crippen molar-refractivity contribution in [1.82, 2.24) is 4.90 Å². The molecule has 8 nitrogen and oxygen atoms in total. The predicted octanol–water partition coefficient (Wildman–Crippen LogP) is 12.5. The van der Waals surface area contributed by atoms with E-state index in [0.717, 1.165) is 64.5 Å². The summed E-state index contributed by atoms with van der Waals surface area (Å²) < 4.78 is 38.0. The first kappa shape index (κ1) is 48.4. The van der Waals surface area contributed by atoms with E-state index in [4.69, 9.17) is 28.4 Å². The Hall–Kier alpha value is -2.97. The molecular formula is C49H81NO7. The molecule has 2 aromatic rings. The number of amides is 1. The Morgan fingerprint density at radius 2 is 0.877 bits per heavy atom. The number of nitrogens with zero attached hydrogens (tertiary/aromatic N) is 1. The van der Waals surface area contributed by atoms with E-state index in [1.807, 2.05) is 53.4 Å². The van der Waals surface area contributed by atoms with Crippen molar-refractivity contribution in [1.29, 1.82) is 0 Å². The molecule has 1 heterocycles. The predicted molar refractivity (Wildman–Crippen MR) is 234 cm³/mol. The molecule has 1 aliphatic rings. The van der Waals surface area contributed by atoms with E-state index in [1.54, 1.807) is 0 Å². The van der Waals surface area contributed by atoms with Crippen LogP contribution in [0.2, 0.25) is 0 Å². The Morgan fingerprint density at radius 3 is 1.30 bits per heavy atom. The summed E-state index contributed by atoms with van der Waals surface area (Å²) in [4.78, 5) is 15.9. The summed E-state index contributed by atoms with van der Waals surface area (Å²) in [7, 11) is 0. The maximum atomic E-state index is 13.9. The average molecular weight is 796 g/mol. The van der Waals surface area contributed by atoms with Crippen molar-refractivity contribution in [3.05, 3.63) is 48.5 Å². The van der Waals surface area contributed by atoms with Gasteiger partial charge in [-0.25, -0.2) is 0 Å². The normalized spacial score (nSPS) is 14.6. The molecule has 0 bridgehead atoms. The second-order valence-electron chi connectivity index (χ2n) is 16.1. The van der Waals surface area contributed by atoms with E-state index in [0.29, 0.717) is 55.8 Å². The van der Waals surface area contributed by atoms with E-state index >= 15 is 0 Å². The van der Waals surface area contributed by atoms with Gasteiger partial charge in [0.2, 0.25) is 5.91 Å². The van der Waals surface area contributed by atoms with Gasteiger partial charge in [0, 0.05) is 13.1 Å². The van der Waals surface area contributed by atoms with Gasteiger partial charge in [-0.05, 0) is 43.5 Å². The summed E-state index contributed by atoms with van der Waals surface area (Å²) in [5.74, 6) is 2.62. The van der Waals surface area contributed by atoms with E-state index in [1.165, 1.54) is 89.9 Å². The van der Waals surface area contributed by atoms with Gasteiger partial charge in [0.05, 0.1) is 13.2 Å². The van der Waals surface area contributed by atoms with E-state index in [9.17, 15) is 4.79 Å². The molecular weight excluding hydrogens is 715 g/mol. The molecule has 1 aliphatic heterocycles. The highest BCUT2D eigenvalue weighted by atomic mass is 16.6. The average Bonchev–Trinajstić information content (AvgIpc) is 3.23. The summed E-state index contributed by atoms with van der Waals surface area (Å²) >= 11 is 0. The van der Waals surface area contributed by atoms with E-state index < -0.39 is 5.60 Å². The first-order chi connectivity index (χ1) is 28.1. The number of carbonyl (C=O) groups is 1. The smallest absolute Gasteiger partial charge is 0.248 e. The quantitative estimate of drug-likeness (QED) is 0.0794. The van der Waals surface area contributed by atoms with E-state index in [2.05, 4.69) is 20.8 Å². The van der Waals surface area contributed by atoms with Crippen molar-refractivity contribution in [2.24, 2.45) is 0 Å². The van der Waals surface area contributed by atoms with Crippen molar-refractivity contribution in [3.63, 3.8) is 0 Å². The van der Waals surface area contributed by atoms with Gasteiger partial charge in [0.1, 0.15) is 38.6 Å². The first-order valence-electron chi connectivity index (χ1n) is 23.3. The van der Waals surface area contributed by atoms with Crippen LogP contribution in [0.4, 0.5) is 0 Å². The lowest BCUT2D eigenvalue weighted by Crippen LogP contribution is -2.48. The lowest BCUT2D eigenvalue weighted by atomic mass is 9.96. The molecule has 0 unspecified atom stereocenters. The molecule has 57 heavy (non-hydrogen) atoms. The molecule has 0 fully saturated rings. The number of para-hydroxylation sites is 4. The van der Waals surface area contributed by atoms with E-state index in [-0.39, 0.29) is 25.7 Å². The van der Waals surface area contributed by atoms with Gasteiger partial charge in [-0.1, -0.05) is 173 Å². The molecule has 324 valence electrons. The van der Waals surface area contributed by atoms with Crippen LogP contribution in [-0.4, -0.2) is 75.7 Å². The third kappa shape index (κ3) is 21.6.